The number of nitriles is 1. The lowest BCUT2D eigenvalue weighted by atomic mass is 9.69. The number of Topliss-reactive ketones (excluding diaryl/α,β-unsaturated/α-hetero) is 1. The van der Waals surface area contributed by atoms with E-state index in [9.17, 15) is 14.9 Å². The van der Waals surface area contributed by atoms with Crippen LogP contribution in [0.25, 0.3) is 5.65 Å². The highest BCUT2D eigenvalue weighted by Crippen LogP contribution is 2.41. The monoisotopic (exact) mass is 405 g/mol. The first-order valence-corrected chi connectivity index (χ1v) is 9.97. The summed E-state index contributed by atoms with van der Waals surface area (Å²) < 4.78 is 7.39. The van der Waals surface area contributed by atoms with Crippen LogP contribution in [0, 0.1) is 16.7 Å². The van der Waals surface area contributed by atoms with E-state index in [1.165, 1.54) is 4.52 Å². The summed E-state index contributed by atoms with van der Waals surface area (Å²) >= 11 is 0. The predicted octanol–water partition coefficient (Wildman–Crippen LogP) is 1.21. The molecule has 2 aromatic heterocycles. The second kappa shape index (κ2) is 8.03. The minimum Gasteiger partial charge on any atom is -0.367 e. The van der Waals surface area contributed by atoms with E-state index < -0.39 is 11.0 Å². The second-order valence-corrected chi connectivity index (χ2v) is 7.86. The molecular formula is C21H24BN5O3. The van der Waals surface area contributed by atoms with Crippen LogP contribution < -0.4 is 5.59 Å². The highest BCUT2D eigenvalue weighted by atomic mass is 16.5. The Morgan fingerprint density at radius 2 is 2.07 bits per heavy atom. The quantitative estimate of drug-likeness (QED) is 0.662. The number of fused-ring (bicyclic) bond motifs is 1. The maximum atomic E-state index is 13.0. The van der Waals surface area contributed by atoms with Crippen LogP contribution in [-0.4, -0.2) is 64.3 Å². The molecule has 0 N–H and O–H groups in total. The molecule has 30 heavy (non-hydrogen) atoms. The Bertz CT molecular complexity index is 1070. The van der Waals surface area contributed by atoms with E-state index in [0.717, 1.165) is 0 Å². The number of hydrogen-bond donors (Lipinski definition) is 0. The molecule has 154 valence electrons. The predicted molar refractivity (Wildman–Crippen MR) is 111 cm³/mol. The van der Waals surface area contributed by atoms with Crippen LogP contribution in [0.15, 0.2) is 29.8 Å². The Labute approximate surface area is 176 Å². The summed E-state index contributed by atoms with van der Waals surface area (Å²) in [5, 5.41) is 13.6. The summed E-state index contributed by atoms with van der Waals surface area (Å²) in [6.45, 7) is 8.46. The van der Waals surface area contributed by atoms with E-state index in [4.69, 9.17) is 12.6 Å². The molecule has 1 spiro atoms. The van der Waals surface area contributed by atoms with Crippen molar-refractivity contribution in [2.24, 2.45) is 5.41 Å². The van der Waals surface area contributed by atoms with E-state index in [0.29, 0.717) is 30.8 Å². The van der Waals surface area contributed by atoms with Crippen LogP contribution in [0.1, 0.15) is 44.7 Å². The van der Waals surface area contributed by atoms with Crippen LogP contribution in [0.3, 0.4) is 0 Å². The number of rotatable bonds is 1. The number of morpholine rings is 1. The van der Waals surface area contributed by atoms with E-state index in [2.05, 4.69) is 10.1 Å². The minimum atomic E-state index is -0.880. The van der Waals surface area contributed by atoms with E-state index in [1.807, 2.05) is 19.9 Å². The highest BCUT2D eigenvalue weighted by molar-refractivity contribution is 6.31. The van der Waals surface area contributed by atoms with Gasteiger partial charge in [-0.25, -0.2) is 9.50 Å². The standard InChI is InChI=1S/C19H18BN5O3.C2H6/c1-18(2)10-19(8-12(9-21)15(18)26)11-24(6-7-28-19)17(27)16-22-14-5-3-4-13(20)25(14)23-16;1-2/h3-5,8H,6-7,10-11H2,1-2H3;1-2H3. The summed E-state index contributed by atoms with van der Waals surface area (Å²) in [5.41, 5.74) is -0.681. The Morgan fingerprint density at radius 3 is 2.73 bits per heavy atom. The van der Waals surface area contributed by atoms with Gasteiger partial charge in [-0.05, 0) is 24.2 Å². The number of ether oxygens (including phenoxy) is 1. The van der Waals surface area contributed by atoms with Gasteiger partial charge in [-0.15, -0.1) is 5.10 Å². The van der Waals surface area contributed by atoms with Crippen molar-refractivity contribution in [3.05, 3.63) is 35.7 Å². The number of ketones is 1. The van der Waals surface area contributed by atoms with Crippen LogP contribution in [-0.2, 0) is 9.53 Å². The van der Waals surface area contributed by atoms with Gasteiger partial charge in [0.25, 0.3) is 5.91 Å². The van der Waals surface area contributed by atoms with Gasteiger partial charge in [0, 0.05) is 12.0 Å². The fourth-order valence-electron chi connectivity index (χ4n) is 3.99. The zero-order chi connectivity index (χ0) is 22.1. The third-order valence-corrected chi connectivity index (χ3v) is 5.21. The molecule has 9 heteroatoms. The van der Waals surface area contributed by atoms with Crippen molar-refractivity contribution in [1.82, 2.24) is 19.5 Å². The summed E-state index contributed by atoms with van der Waals surface area (Å²) in [7, 11) is 5.88. The number of carbonyl (C=O) groups is 2. The van der Waals surface area contributed by atoms with Gasteiger partial charge in [-0.2, -0.15) is 5.26 Å². The molecule has 0 aromatic carbocycles. The smallest absolute Gasteiger partial charge is 0.293 e. The first kappa shape index (κ1) is 21.7. The second-order valence-electron chi connectivity index (χ2n) is 7.86. The Hall–Kier alpha value is -2.99. The van der Waals surface area contributed by atoms with Gasteiger partial charge in [-0.1, -0.05) is 39.8 Å². The summed E-state index contributed by atoms with van der Waals surface area (Å²) in [4.78, 5) is 31.3. The molecule has 1 fully saturated rings. The molecule has 0 bridgehead atoms. The van der Waals surface area contributed by atoms with Gasteiger partial charge in [0.05, 0.1) is 18.7 Å². The third kappa shape index (κ3) is 3.75. The van der Waals surface area contributed by atoms with Crippen molar-refractivity contribution in [2.75, 3.05) is 19.7 Å². The molecule has 3 heterocycles. The first-order chi connectivity index (χ1) is 14.2. The molecule has 1 saturated heterocycles. The van der Waals surface area contributed by atoms with E-state index in [-0.39, 0.29) is 29.6 Å². The largest absolute Gasteiger partial charge is 0.367 e. The lowest BCUT2D eigenvalue weighted by Crippen LogP contribution is -2.57. The Kier molecular flexibility index (Phi) is 5.82. The third-order valence-electron chi connectivity index (χ3n) is 5.21. The fourth-order valence-corrected chi connectivity index (χ4v) is 3.99. The van der Waals surface area contributed by atoms with Gasteiger partial charge in [0.2, 0.25) is 5.82 Å². The Balaban J connectivity index is 0.00000124. The van der Waals surface area contributed by atoms with Crippen molar-refractivity contribution < 1.29 is 14.3 Å². The maximum absolute atomic E-state index is 13.0. The van der Waals surface area contributed by atoms with Gasteiger partial charge in [0.15, 0.2) is 11.4 Å². The topological polar surface area (TPSA) is 101 Å². The fraction of sp³-hybridized carbons (Fsp3) is 0.476. The van der Waals surface area contributed by atoms with Crippen LogP contribution >= 0.6 is 0 Å². The van der Waals surface area contributed by atoms with Crippen molar-refractivity contribution >= 4 is 30.8 Å². The molecule has 4 rings (SSSR count). The number of allylic oxidation sites excluding steroid dienone is 1. The SMILES string of the molecule is CC.[B]c1cccc2nc(C(=O)N3CCOC4(C=C(C#N)C(=O)C(C)(C)C4)C3)nn12. The number of carbonyl (C=O) groups excluding carboxylic acids is 2. The van der Waals surface area contributed by atoms with Crippen molar-refractivity contribution in [1.29, 1.82) is 5.26 Å². The molecule has 1 aliphatic heterocycles. The zero-order valence-corrected chi connectivity index (χ0v) is 17.7. The van der Waals surface area contributed by atoms with Crippen molar-refractivity contribution in [3.8, 4) is 6.07 Å². The van der Waals surface area contributed by atoms with Crippen LogP contribution in [0.4, 0.5) is 0 Å². The van der Waals surface area contributed by atoms with Crippen molar-refractivity contribution in [2.45, 2.75) is 39.7 Å². The normalized spacial score (nSPS) is 22.8. The lowest BCUT2D eigenvalue weighted by Gasteiger charge is -2.46. The molecule has 2 radical (unpaired) electrons. The van der Waals surface area contributed by atoms with Gasteiger partial charge >= 0.3 is 0 Å². The molecule has 1 aliphatic carbocycles. The van der Waals surface area contributed by atoms with E-state index in [1.54, 1.807) is 43.0 Å². The molecule has 8 nitrogen and oxygen atoms in total. The number of pyridine rings is 1. The molecule has 1 amide bonds. The molecule has 2 aliphatic rings. The van der Waals surface area contributed by atoms with Crippen LogP contribution in [0.5, 0.6) is 0 Å². The maximum Gasteiger partial charge on any atom is 0.293 e. The van der Waals surface area contributed by atoms with Gasteiger partial charge < -0.3 is 9.64 Å². The van der Waals surface area contributed by atoms with Gasteiger partial charge in [0.1, 0.15) is 19.5 Å². The van der Waals surface area contributed by atoms with Crippen molar-refractivity contribution in [3.63, 3.8) is 0 Å². The van der Waals surface area contributed by atoms with Crippen LogP contribution in [0.2, 0.25) is 0 Å². The summed E-state index contributed by atoms with van der Waals surface area (Å²) in [5.74, 6) is -0.497. The minimum absolute atomic E-state index is 0.0468. The summed E-state index contributed by atoms with van der Waals surface area (Å²) in [6.07, 6.45) is 1.95. The first-order valence-electron chi connectivity index (χ1n) is 9.97. The number of nitrogens with zero attached hydrogens (tertiary/aromatic N) is 5. The molecule has 1 unspecified atom stereocenters. The number of aromatic nitrogens is 3. The summed E-state index contributed by atoms with van der Waals surface area (Å²) in [6, 6.07) is 7.11. The number of amides is 1. The highest BCUT2D eigenvalue weighted by Gasteiger charge is 2.48. The van der Waals surface area contributed by atoms with Gasteiger partial charge in [-0.3, -0.25) is 9.59 Å². The molecular weight excluding hydrogens is 381 g/mol. The lowest BCUT2D eigenvalue weighted by molar-refractivity contribution is -0.134. The molecule has 2 aromatic rings. The average molecular weight is 405 g/mol. The molecule has 0 saturated carbocycles. The zero-order valence-electron chi connectivity index (χ0n) is 17.7. The average Bonchev–Trinajstić information content (AvgIpc) is 3.17. The number of hydrogen-bond acceptors (Lipinski definition) is 6. The Morgan fingerprint density at radius 1 is 1.33 bits per heavy atom. The van der Waals surface area contributed by atoms with E-state index >= 15 is 0 Å². The molecule has 1 atom stereocenters.